The molecule has 1 N–H and O–H groups in total. The number of ether oxygens (including phenoxy) is 1. The average Bonchev–Trinajstić information content (AvgIpc) is 3.43. The van der Waals surface area contributed by atoms with Gasteiger partial charge in [0.05, 0.1) is 13.7 Å². The first-order valence-electron chi connectivity index (χ1n) is 11.4. The van der Waals surface area contributed by atoms with Crippen LogP contribution in [0.3, 0.4) is 0 Å². The second-order valence-corrected chi connectivity index (χ2v) is 9.96. The fourth-order valence-corrected chi connectivity index (χ4v) is 5.92. The molecule has 0 radical (unpaired) electrons. The van der Waals surface area contributed by atoms with E-state index in [9.17, 15) is 9.59 Å². The van der Waals surface area contributed by atoms with Gasteiger partial charge in [0.25, 0.3) is 5.91 Å². The number of piperidine rings is 1. The van der Waals surface area contributed by atoms with Gasteiger partial charge in [0.1, 0.15) is 11.3 Å². The summed E-state index contributed by atoms with van der Waals surface area (Å²) in [5.41, 5.74) is 1.45. The summed E-state index contributed by atoms with van der Waals surface area (Å²) >= 11 is 1.57. The predicted molar refractivity (Wildman–Crippen MR) is 130 cm³/mol. The van der Waals surface area contributed by atoms with E-state index in [1.165, 1.54) is 15.8 Å². The van der Waals surface area contributed by atoms with E-state index in [0.717, 1.165) is 49.2 Å². The molecule has 0 spiro atoms. The maximum atomic E-state index is 13.3. The third-order valence-corrected chi connectivity index (χ3v) is 7.95. The van der Waals surface area contributed by atoms with Crippen LogP contribution >= 0.6 is 11.3 Å². The Balaban J connectivity index is 1.26. The summed E-state index contributed by atoms with van der Waals surface area (Å²) in [4.78, 5) is 29.7. The fraction of sp³-hybridized carbons (Fsp3) is 0.385. The molecule has 3 heterocycles. The number of likely N-dealkylation sites (tertiary alicyclic amines) is 1. The molecular weight excluding hydrogens is 434 g/mol. The molecule has 0 aliphatic carbocycles. The molecule has 0 saturated carbocycles. The van der Waals surface area contributed by atoms with Crippen molar-refractivity contribution in [2.75, 3.05) is 20.2 Å². The minimum absolute atomic E-state index is 0.0988. The monoisotopic (exact) mass is 463 g/mol. The van der Waals surface area contributed by atoms with E-state index in [-0.39, 0.29) is 17.9 Å². The van der Waals surface area contributed by atoms with Crippen molar-refractivity contribution in [3.8, 4) is 5.75 Å². The van der Waals surface area contributed by atoms with Crippen molar-refractivity contribution in [3.63, 3.8) is 0 Å². The number of hydrogen-bond acceptors (Lipinski definition) is 5. The number of fused-ring (bicyclic) bond motifs is 1. The minimum Gasteiger partial charge on any atom is -0.496 e. The Labute approximate surface area is 198 Å². The van der Waals surface area contributed by atoms with Crippen LogP contribution in [-0.2, 0) is 17.9 Å². The maximum absolute atomic E-state index is 13.3. The lowest BCUT2D eigenvalue weighted by Gasteiger charge is -2.39. The molecule has 0 bridgehead atoms. The molecule has 2 saturated heterocycles. The first-order chi connectivity index (χ1) is 16.0. The number of amides is 3. The van der Waals surface area contributed by atoms with E-state index in [1.807, 2.05) is 35.9 Å². The smallest absolute Gasteiger partial charge is 0.325 e. The molecule has 33 heavy (non-hydrogen) atoms. The van der Waals surface area contributed by atoms with Gasteiger partial charge in [-0.25, -0.2) is 4.79 Å². The van der Waals surface area contributed by atoms with Gasteiger partial charge in [0.15, 0.2) is 0 Å². The van der Waals surface area contributed by atoms with Gasteiger partial charge in [-0.05, 0) is 78.2 Å². The standard InChI is InChI=1S/C26H29N3O3S/c1-26(24(30)29(25(31)27-26)15-18-11-14-33-17-18)20-9-12-28(13-10-20)16-19-7-8-23(32-2)22-6-4-3-5-21(19)22/h3-8,11,14,17,20H,9-10,12-13,15-16H2,1-2H3,(H,27,31)/t26-/m1/s1. The van der Waals surface area contributed by atoms with E-state index in [2.05, 4.69) is 34.5 Å². The van der Waals surface area contributed by atoms with E-state index < -0.39 is 5.54 Å². The van der Waals surface area contributed by atoms with Crippen LogP contribution in [0.2, 0.25) is 0 Å². The van der Waals surface area contributed by atoms with Crippen molar-refractivity contribution in [2.24, 2.45) is 5.92 Å². The van der Waals surface area contributed by atoms with E-state index in [0.29, 0.717) is 6.54 Å². The van der Waals surface area contributed by atoms with Crippen LogP contribution in [0.5, 0.6) is 5.75 Å². The van der Waals surface area contributed by atoms with Crippen LogP contribution in [-0.4, -0.2) is 47.5 Å². The Morgan fingerprint density at radius 1 is 1.06 bits per heavy atom. The summed E-state index contributed by atoms with van der Waals surface area (Å²) in [5.74, 6) is 0.923. The summed E-state index contributed by atoms with van der Waals surface area (Å²) in [6, 6.07) is 14.2. The van der Waals surface area contributed by atoms with Crippen molar-refractivity contribution < 1.29 is 14.3 Å². The van der Waals surface area contributed by atoms with Crippen LogP contribution in [0.1, 0.15) is 30.9 Å². The molecule has 3 amide bonds. The van der Waals surface area contributed by atoms with Crippen molar-refractivity contribution in [2.45, 2.75) is 38.4 Å². The number of thiophene rings is 1. The third kappa shape index (κ3) is 4.00. The molecule has 172 valence electrons. The lowest BCUT2D eigenvalue weighted by molar-refractivity contribution is -0.133. The quantitative estimate of drug-likeness (QED) is 0.542. The number of methoxy groups -OCH3 is 1. The summed E-state index contributed by atoms with van der Waals surface area (Å²) in [6.45, 7) is 4.90. The third-order valence-electron chi connectivity index (χ3n) is 7.21. The Kier molecular flexibility index (Phi) is 5.85. The Bertz CT molecular complexity index is 1170. The van der Waals surface area contributed by atoms with Gasteiger partial charge in [-0.15, -0.1) is 0 Å². The van der Waals surface area contributed by atoms with Crippen molar-refractivity contribution >= 4 is 34.0 Å². The highest BCUT2D eigenvalue weighted by molar-refractivity contribution is 7.07. The van der Waals surface area contributed by atoms with Gasteiger partial charge in [-0.2, -0.15) is 11.3 Å². The highest BCUT2D eigenvalue weighted by Crippen LogP contribution is 2.35. The molecule has 2 aromatic carbocycles. The average molecular weight is 464 g/mol. The highest BCUT2D eigenvalue weighted by atomic mass is 32.1. The van der Waals surface area contributed by atoms with Gasteiger partial charge < -0.3 is 10.1 Å². The van der Waals surface area contributed by atoms with Crippen LogP contribution in [0, 0.1) is 5.92 Å². The molecular formula is C26H29N3O3S. The molecule has 2 aliphatic heterocycles. The molecule has 1 aromatic heterocycles. The number of imide groups is 1. The van der Waals surface area contributed by atoms with E-state index >= 15 is 0 Å². The van der Waals surface area contributed by atoms with Crippen LogP contribution in [0.4, 0.5) is 4.79 Å². The second kappa shape index (κ2) is 8.80. The van der Waals surface area contributed by atoms with Crippen molar-refractivity contribution in [1.82, 2.24) is 15.1 Å². The number of hydrogen-bond donors (Lipinski definition) is 1. The Morgan fingerprint density at radius 2 is 1.82 bits per heavy atom. The summed E-state index contributed by atoms with van der Waals surface area (Å²) in [7, 11) is 1.71. The first-order valence-corrected chi connectivity index (χ1v) is 12.4. The predicted octanol–water partition coefficient (Wildman–Crippen LogP) is 4.63. The van der Waals surface area contributed by atoms with Gasteiger partial charge >= 0.3 is 6.03 Å². The van der Waals surface area contributed by atoms with Crippen molar-refractivity contribution in [1.29, 1.82) is 0 Å². The fourth-order valence-electron chi connectivity index (χ4n) is 5.26. The van der Waals surface area contributed by atoms with Crippen LogP contribution in [0.25, 0.3) is 10.8 Å². The van der Waals surface area contributed by atoms with Gasteiger partial charge in [0.2, 0.25) is 0 Å². The molecule has 1 atom stereocenters. The summed E-state index contributed by atoms with van der Waals surface area (Å²) in [6.07, 6.45) is 1.76. The van der Waals surface area contributed by atoms with Crippen molar-refractivity contribution in [3.05, 3.63) is 64.4 Å². The number of carbonyl (C=O) groups is 2. The number of nitrogens with one attached hydrogen (secondary N) is 1. The van der Waals surface area contributed by atoms with Gasteiger partial charge in [-0.3, -0.25) is 14.6 Å². The number of carbonyl (C=O) groups excluding carboxylic acids is 2. The zero-order chi connectivity index (χ0) is 23.0. The topological polar surface area (TPSA) is 61.9 Å². The molecule has 3 aromatic rings. The summed E-state index contributed by atoms with van der Waals surface area (Å²) in [5, 5.41) is 9.32. The lowest BCUT2D eigenvalue weighted by atomic mass is 9.78. The SMILES string of the molecule is COc1ccc(CN2CCC([C@@]3(C)NC(=O)N(Cc4ccsc4)C3=O)CC2)c2ccccc12. The van der Waals surface area contributed by atoms with Crippen LogP contribution in [0.15, 0.2) is 53.2 Å². The zero-order valence-electron chi connectivity index (χ0n) is 19.0. The van der Waals surface area contributed by atoms with E-state index in [4.69, 9.17) is 4.74 Å². The minimum atomic E-state index is -0.827. The zero-order valence-corrected chi connectivity index (χ0v) is 19.9. The molecule has 6 nitrogen and oxygen atoms in total. The molecule has 2 aliphatic rings. The second-order valence-electron chi connectivity index (χ2n) is 9.18. The number of rotatable bonds is 6. The number of nitrogens with zero attached hydrogens (tertiary/aromatic N) is 2. The maximum Gasteiger partial charge on any atom is 0.325 e. The largest absolute Gasteiger partial charge is 0.496 e. The molecule has 7 heteroatoms. The van der Waals surface area contributed by atoms with E-state index in [1.54, 1.807) is 18.4 Å². The van der Waals surface area contributed by atoms with Gasteiger partial charge in [-0.1, -0.05) is 30.3 Å². The Hall–Kier alpha value is -2.90. The van der Waals surface area contributed by atoms with Gasteiger partial charge in [0, 0.05) is 11.9 Å². The van der Waals surface area contributed by atoms with Crippen LogP contribution < -0.4 is 10.1 Å². The Morgan fingerprint density at radius 3 is 2.52 bits per heavy atom. The first kappa shape index (κ1) is 21.9. The highest BCUT2D eigenvalue weighted by Gasteiger charge is 2.52. The molecule has 0 unspecified atom stereocenters. The lowest BCUT2D eigenvalue weighted by Crippen LogP contribution is -2.53. The normalized spacial score (nSPS) is 22.2. The number of benzene rings is 2. The molecule has 5 rings (SSSR count). The molecule has 2 fully saturated rings. The number of urea groups is 1. The summed E-state index contributed by atoms with van der Waals surface area (Å²) < 4.78 is 5.53.